The minimum absolute atomic E-state index is 0.813. The molecule has 1 aromatic heterocycles. The van der Waals surface area contributed by atoms with Crippen LogP contribution in [-0.4, -0.2) is 23.4 Å². The third-order valence-corrected chi connectivity index (χ3v) is 4.21. The normalized spacial score (nSPS) is 10.9. The Labute approximate surface area is 123 Å². The lowest BCUT2D eigenvalue weighted by Crippen LogP contribution is -2.11. The van der Waals surface area contributed by atoms with Gasteiger partial charge in [-0.2, -0.15) is 5.10 Å². The molecule has 0 amide bonds. The Morgan fingerprint density at radius 1 is 1.26 bits per heavy atom. The van der Waals surface area contributed by atoms with Gasteiger partial charge in [0.05, 0.1) is 12.2 Å². The maximum Gasteiger partial charge on any atom is 0.0673 e. The molecule has 102 valence electrons. The SMILES string of the molecule is CNCCc1c(C)nn(Cc2ccccc2Br)c1C. The van der Waals surface area contributed by atoms with Gasteiger partial charge in [0.2, 0.25) is 0 Å². The summed E-state index contributed by atoms with van der Waals surface area (Å²) < 4.78 is 3.24. The number of aryl methyl sites for hydroxylation is 1. The van der Waals surface area contributed by atoms with Crippen molar-refractivity contribution in [3.8, 4) is 0 Å². The zero-order valence-corrected chi connectivity index (χ0v) is 13.3. The molecule has 0 aliphatic heterocycles. The predicted molar refractivity (Wildman–Crippen MR) is 82.6 cm³/mol. The van der Waals surface area contributed by atoms with Gasteiger partial charge in [-0.25, -0.2) is 0 Å². The van der Waals surface area contributed by atoms with E-state index in [1.807, 2.05) is 13.1 Å². The maximum absolute atomic E-state index is 4.67. The number of hydrogen-bond donors (Lipinski definition) is 1. The smallest absolute Gasteiger partial charge is 0.0673 e. The van der Waals surface area contributed by atoms with E-state index in [2.05, 4.69) is 63.1 Å². The highest BCUT2D eigenvalue weighted by Gasteiger charge is 2.11. The third kappa shape index (κ3) is 3.25. The molecule has 2 aromatic rings. The van der Waals surface area contributed by atoms with E-state index in [0.29, 0.717) is 0 Å². The van der Waals surface area contributed by atoms with Gasteiger partial charge in [0.1, 0.15) is 0 Å². The summed E-state index contributed by atoms with van der Waals surface area (Å²) >= 11 is 3.59. The van der Waals surface area contributed by atoms with Crippen molar-refractivity contribution < 1.29 is 0 Å². The minimum Gasteiger partial charge on any atom is -0.319 e. The van der Waals surface area contributed by atoms with Gasteiger partial charge < -0.3 is 5.32 Å². The largest absolute Gasteiger partial charge is 0.319 e. The number of aromatic nitrogens is 2. The summed E-state index contributed by atoms with van der Waals surface area (Å²) in [6.07, 6.45) is 1.03. The lowest BCUT2D eigenvalue weighted by atomic mass is 10.1. The monoisotopic (exact) mass is 321 g/mol. The fourth-order valence-electron chi connectivity index (χ4n) is 2.29. The van der Waals surface area contributed by atoms with Crippen molar-refractivity contribution in [2.24, 2.45) is 0 Å². The van der Waals surface area contributed by atoms with Crippen molar-refractivity contribution in [3.05, 3.63) is 51.3 Å². The first-order valence-corrected chi connectivity index (χ1v) is 7.33. The molecular weight excluding hydrogens is 302 g/mol. The molecule has 0 aliphatic carbocycles. The zero-order valence-electron chi connectivity index (χ0n) is 11.7. The first kappa shape index (κ1) is 14.3. The first-order chi connectivity index (χ1) is 9.13. The Balaban J connectivity index is 2.24. The third-order valence-electron chi connectivity index (χ3n) is 3.43. The molecule has 0 saturated heterocycles. The number of benzene rings is 1. The molecule has 4 heteroatoms. The van der Waals surface area contributed by atoms with Crippen LogP contribution in [0.25, 0.3) is 0 Å². The van der Waals surface area contributed by atoms with Crippen LogP contribution in [0, 0.1) is 13.8 Å². The summed E-state index contributed by atoms with van der Waals surface area (Å²) in [5.74, 6) is 0. The fraction of sp³-hybridized carbons (Fsp3) is 0.400. The van der Waals surface area contributed by atoms with E-state index in [1.165, 1.54) is 16.8 Å². The Morgan fingerprint density at radius 2 is 2.00 bits per heavy atom. The molecule has 1 N–H and O–H groups in total. The summed E-state index contributed by atoms with van der Waals surface area (Å²) in [6, 6.07) is 8.30. The second-order valence-corrected chi connectivity index (χ2v) is 5.61. The van der Waals surface area contributed by atoms with Gasteiger partial charge in [-0.05, 0) is 51.1 Å². The van der Waals surface area contributed by atoms with E-state index < -0.39 is 0 Å². The lowest BCUT2D eigenvalue weighted by molar-refractivity contribution is 0.656. The van der Waals surface area contributed by atoms with Crippen LogP contribution in [0.5, 0.6) is 0 Å². The standard InChI is InChI=1S/C15H20BrN3/c1-11-14(8-9-17-3)12(2)19(18-11)10-13-6-4-5-7-15(13)16/h4-7,17H,8-10H2,1-3H3. The number of nitrogens with one attached hydrogen (secondary N) is 1. The summed E-state index contributed by atoms with van der Waals surface area (Å²) in [5, 5.41) is 7.86. The van der Waals surface area contributed by atoms with Gasteiger partial charge >= 0.3 is 0 Å². The van der Waals surface area contributed by atoms with E-state index in [4.69, 9.17) is 0 Å². The van der Waals surface area contributed by atoms with Crippen molar-refractivity contribution in [1.29, 1.82) is 0 Å². The summed E-state index contributed by atoms with van der Waals surface area (Å²) in [7, 11) is 1.98. The summed E-state index contributed by atoms with van der Waals surface area (Å²) in [6.45, 7) is 6.05. The molecule has 1 aromatic carbocycles. The van der Waals surface area contributed by atoms with E-state index >= 15 is 0 Å². The van der Waals surface area contributed by atoms with Gasteiger partial charge in [0, 0.05) is 10.2 Å². The Hall–Kier alpha value is -1.13. The maximum atomic E-state index is 4.67. The molecule has 3 nitrogen and oxygen atoms in total. The van der Waals surface area contributed by atoms with Crippen molar-refractivity contribution in [2.45, 2.75) is 26.8 Å². The number of halogens is 1. The molecular formula is C15H20BrN3. The van der Waals surface area contributed by atoms with Crippen LogP contribution in [0.1, 0.15) is 22.5 Å². The lowest BCUT2D eigenvalue weighted by Gasteiger charge is -2.07. The van der Waals surface area contributed by atoms with Crippen LogP contribution in [-0.2, 0) is 13.0 Å². The summed E-state index contributed by atoms with van der Waals surface area (Å²) in [4.78, 5) is 0. The number of nitrogens with zero attached hydrogens (tertiary/aromatic N) is 2. The van der Waals surface area contributed by atoms with Gasteiger partial charge in [0.25, 0.3) is 0 Å². The average Bonchev–Trinajstić information content (AvgIpc) is 2.65. The molecule has 0 saturated carbocycles. The molecule has 0 atom stereocenters. The van der Waals surface area contributed by atoms with E-state index in [0.717, 1.165) is 29.7 Å². The second-order valence-electron chi connectivity index (χ2n) is 4.75. The van der Waals surface area contributed by atoms with Gasteiger partial charge in [0.15, 0.2) is 0 Å². The first-order valence-electron chi connectivity index (χ1n) is 6.54. The molecule has 2 rings (SSSR count). The highest BCUT2D eigenvalue weighted by molar-refractivity contribution is 9.10. The van der Waals surface area contributed by atoms with Crippen molar-refractivity contribution in [2.75, 3.05) is 13.6 Å². The number of hydrogen-bond acceptors (Lipinski definition) is 2. The summed E-state index contributed by atoms with van der Waals surface area (Å²) in [5.41, 5.74) is 5.03. The van der Waals surface area contributed by atoms with Crippen LogP contribution in [0.2, 0.25) is 0 Å². The molecule has 0 unspecified atom stereocenters. The number of likely N-dealkylation sites (N-methyl/N-ethyl adjacent to an activating group) is 1. The van der Waals surface area contributed by atoms with Crippen molar-refractivity contribution >= 4 is 15.9 Å². The zero-order chi connectivity index (χ0) is 13.8. The highest BCUT2D eigenvalue weighted by Crippen LogP contribution is 2.20. The predicted octanol–water partition coefficient (Wildman–Crippen LogP) is 3.07. The topological polar surface area (TPSA) is 29.9 Å². The van der Waals surface area contributed by atoms with Crippen molar-refractivity contribution in [3.63, 3.8) is 0 Å². The van der Waals surface area contributed by atoms with Crippen LogP contribution >= 0.6 is 15.9 Å². The van der Waals surface area contributed by atoms with Crippen LogP contribution in [0.4, 0.5) is 0 Å². The quantitative estimate of drug-likeness (QED) is 0.917. The van der Waals surface area contributed by atoms with E-state index in [9.17, 15) is 0 Å². The molecule has 0 aliphatic rings. The molecule has 0 spiro atoms. The molecule has 1 heterocycles. The van der Waals surface area contributed by atoms with E-state index in [-0.39, 0.29) is 0 Å². The second kappa shape index (κ2) is 6.35. The number of rotatable bonds is 5. The molecule has 0 bridgehead atoms. The Morgan fingerprint density at radius 3 is 2.68 bits per heavy atom. The van der Waals surface area contributed by atoms with Crippen LogP contribution < -0.4 is 5.32 Å². The molecule has 0 radical (unpaired) electrons. The van der Waals surface area contributed by atoms with Gasteiger partial charge in [-0.3, -0.25) is 4.68 Å². The molecule has 19 heavy (non-hydrogen) atoms. The molecule has 0 fully saturated rings. The van der Waals surface area contributed by atoms with Crippen LogP contribution in [0.3, 0.4) is 0 Å². The Bertz CT molecular complexity index is 561. The van der Waals surface area contributed by atoms with Gasteiger partial charge in [-0.15, -0.1) is 0 Å². The Kier molecular flexibility index (Phi) is 4.77. The van der Waals surface area contributed by atoms with Crippen LogP contribution in [0.15, 0.2) is 28.7 Å². The minimum atomic E-state index is 0.813. The van der Waals surface area contributed by atoms with Gasteiger partial charge in [-0.1, -0.05) is 34.1 Å². The van der Waals surface area contributed by atoms with E-state index in [1.54, 1.807) is 0 Å². The van der Waals surface area contributed by atoms with Crippen molar-refractivity contribution in [1.82, 2.24) is 15.1 Å². The fourth-order valence-corrected chi connectivity index (χ4v) is 2.70. The highest BCUT2D eigenvalue weighted by atomic mass is 79.9. The average molecular weight is 322 g/mol.